The molecule has 2 heterocycles. The average Bonchev–Trinajstić information content (AvgIpc) is 2.63. The Morgan fingerprint density at radius 3 is 3.00 bits per heavy atom. The first kappa shape index (κ1) is 13.3. The average molecular weight is 247 g/mol. The second-order valence-electron chi connectivity index (χ2n) is 5.31. The molecule has 0 saturated carbocycles. The van der Waals surface area contributed by atoms with E-state index < -0.39 is 0 Å². The molecule has 2 atom stereocenters. The molecule has 1 aromatic heterocycles. The van der Waals surface area contributed by atoms with Crippen LogP contribution in [-0.4, -0.2) is 17.6 Å². The third-order valence-electron chi connectivity index (χ3n) is 3.93. The Labute approximate surface area is 110 Å². The van der Waals surface area contributed by atoms with E-state index in [1.807, 2.05) is 19.2 Å². The van der Waals surface area contributed by atoms with Crippen LogP contribution in [0.3, 0.4) is 0 Å². The van der Waals surface area contributed by atoms with Crippen molar-refractivity contribution in [3.8, 4) is 0 Å². The van der Waals surface area contributed by atoms with Crippen LogP contribution >= 0.6 is 0 Å². The van der Waals surface area contributed by atoms with Gasteiger partial charge in [-0.05, 0) is 32.3 Å². The summed E-state index contributed by atoms with van der Waals surface area (Å²) in [5.41, 5.74) is 7.26. The van der Waals surface area contributed by atoms with E-state index in [9.17, 15) is 0 Å². The molecule has 1 fully saturated rings. The SMILES string of the molecule is CCC1CCCCCN1c1ncccc1C(C)N. The van der Waals surface area contributed by atoms with Gasteiger partial charge >= 0.3 is 0 Å². The van der Waals surface area contributed by atoms with E-state index in [-0.39, 0.29) is 6.04 Å². The van der Waals surface area contributed by atoms with Gasteiger partial charge in [-0.3, -0.25) is 0 Å². The molecule has 1 saturated heterocycles. The summed E-state index contributed by atoms with van der Waals surface area (Å²) < 4.78 is 0. The topological polar surface area (TPSA) is 42.2 Å². The molecule has 3 heteroatoms. The summed E-state index contributed by atoms with van der Waals surface area (Å²) in [5, 5.41) is 0. The summed E-state index contributed by atoms with van der Waals surface area (Å²) in [6.07, 6.45) is 8.31. The zero-order chi connectivity index (χ0) is 13.0. The summed E-state index contributed by atoms with van der Waals surface area (Å²) in [4.78, 5) is 7.10. The van der Waals surface area contributed by atoms with Crippen LogP contribution in [0, 0.1) is 0 Å². The Hall–Kier alpha value is -1.09. The third-order valence-corrected chi connectivity index (χ3v) is 3.93. The number of nitrogens with zero attached hydrogens (tertiary/aromatic N) is 2. The Morgan fingerprint density at radius 1 is 1.44 bits per heavy atom. The van der Waals surface area contributed by atoms with Gasteiger partial charge < -0.3 is 10.6 Å². The van der Waals surface area contributed by atoms with Gasteiger partial charge in [-0.15, -0.1) is 0 Å². The van der Waals surface area contributed by atoms with Crippen molar-refractivity contribution in [2.24, 2.45) is 5.73 Å². The molecule has 0 radical (unpaired) electrons. The molecule has 0 amide bonds. The van der Waals surface area contributed by atoms with Crippen LogP contribution in [0.15, 0.2) is 18.3 Å². The second-order valence-corrected chi connectivity index (χ2v) is 5.31. The van der Waals surface area contributed by atoms with Crippen LogP contribution in [0.2, 0.25) is 0 Å². The first-order chi connectivity index (χ1) is 8.74. The van der Waals surface area contributed by atoms with E-state index in [4.69, 9.17) is 5.73 Å². The molecule has 1 aliphatic rings. The van der Waals surface area contributed by atoms with E-state index in [0.717, 1.165) is 12.4 Å². The lowest BCUT2D eigenvalue weighted by atomic mass is 10.1. The van der Waals surface area contributed by atoms with E-state index in [1.54, 1.807) is 0 Å². The fraction of sp³-hybridized carbons (Fsp3) is 0.667. The number of nitrogens with two attached hydrogens (primary N) is 1. The molecule has 100 valence electrons. The van der Waals surface area contributed by atoms with Crippen LogP contribution < -0.4 is 10.6 Å². The molecule has 0 bridgehead atoms. The van der Waals surface area contributed by atoms with Crippen molar-refractivity contribution in [2.75, 3.05) is 11.4 Å². The van der Waals surface area contributed by atoms with Crippen LogP contribution in [0.25, 0.3) is 0 Å². The number of hydrogen-bond acceptors (Lipinski definition) is 3. The highest BCUT2D eigenvalue weighted by molar-refractivity contribution is 5.49. The number of pyridine rings is 1. The van der Waals surface area contributed by atoms with Crippen LogP contribution in [0.4, 0.5) is 5.82 Å². The standard InChI is InChI=1S/C15H25N3/c1-3-13-8-5-4-6-11-18(13)15-14(12(2)16)9-7-10-17-15/h7,9-10,12-13H,3-6,8,11,16H2,1-2H3. The zero-order valence-corrected chi connectivity index (χ0v) is 11.6. The van der Waals surface area contributed by atoms with Gasteiger partial charge in [-0.25, -0.2) is 4.98 Å². The summed E-state index contributed by atoms with van der Waals surface area (Å²) in [7, 11) is 0. The van der Waals surface area contributed by atoms with Crippen molar-refractivity contribution in [2.45, 2.75) is 58.0 Å². The summed E-state index contributed by atoms with van der Waals surface area (Å²) in [5.74, 6) is 1.11. The molecule has 2 N–H and O–H groups in total. The Morgan fingerprint density at radius 2 is 2.28 bits per heavy atom. The molecule has 0 aromatic carbocycles. The van der Waals surface area contributed by atoms with Gasteiger partial charge in [0.1, 0.15) is 5.82 Å². The fourth-order valence-electron chi connectivity index (χ4n) is 2.89. The smallest absolute Gasteiger partial charge is 0.133 e. The van der Waals surface area contributed by atoms with Gasteiger partial charge in [-0.2, -0.15) is 0 Å². The number of aromatic nitrogens is 1. The highest BCUT2D eigenvalue weighted by Gasteiger charge is 2.23. The molecule has 1 aromatic rings. The summed E-state index contributed by atoms with van der Waals surface area (Å²) in [6.45, 7) is 5.44. The lowest BCUT2D eigenvalue weighted by Gasteiger charge is -2.32. The highest BCUT2D eigenvalue weighted by atomic mass is 15.2. The van der Waals surface area contributed by atoms with Gasteiger partial charge in [0, 0.05) is 30.4 Å². The quantitative estimate of drug-likeness (QED) is 0.891. The monoisotopic (exact) mass is 247 g/mol. The van der Waals surface area contributed by atoms with Crippen molar-refractivity contribution in [3.05, 3.63) is 23.9 Å². The first-order valence-electron chi connectivity index (χ1n) is 7.21. The van der Waals surface area contributed by atoms with Gasteiger partial charge in [0.05, 0.1) is 0 Å². The highest BCUT2D eigenvalue weighted by Crippen LogP contribution is 2.29. The molecule has 18 heavy (non-hydrogen) atoms. The van der Waals surface area contributed by atoms with Crippen LogP contribution in [0.5, 0.6) is 0 Å². The molecule has 0 spiro atoms. The molecular formula is C15H25N3. The molecule has 1 aliphatic heterocycles. The van der Waals surface area contributed by atoms with Crippen molar-refractivity contribution < 1.29 is 0 Å². The predicted molar refractivity (Wildman–Crippen MR) is 76.7 cm³/mol. The maximum absolute atomic E-state index is 6.08. The number of rotatable bonds is 3. The van der Waals surface area contributed by atoms with E-state index >= 15 is 0 Å². The number of hydrogen-bond donors (Lipinski definition) is 1. The molecule has 2 rings (SSSR count). The number of anilines is 1. The summed E-state index contributed by atoms with van der Waals surface area (Å²) in [6, 6.07) is 4.78. The maximum atomic E-state index is 6.08. The van der Waals surface area contributed by atoms with Gasteiger partial charge in [0.2, 0.25) is 0 Å². The van der Waals surface area contributed by atoms with Crippen LogP contribution in [-0.2, 0) is 0 Å². The van der Waals surface area contributed by atoms with E-state index in [1.165, 1.54) is 37.7 Å². The van der Waals surface area contributed by atoms with Crippen molar-refractivity contribution >= 4 is 5.82 Å². The minimum Gasteiger partial charge on any atom is -0.353 e. The van der Waals surface area contributed by atoms with Crippen LogP contribution in [0.1, 0.15) is 57.6 Å². The van der Waals surface area contributed by atoms with E-state index in [2.05, 4.69) is 22.9 Å². The lowest BCUT2D eigenvalue weighted by Crippen LogP contribution is -2.36. The molecular weight excluding hydrogens is 222 g/mol. The zero-order valence-electron chi connectivity index (χ0n) is 11.6. The molecule has 2 unspecified atom stereocenters. The lowest BCUT2D eigenvalue weighted by molar-refractivity contribution is 0.549. The first-order valence-corrected chi connectivity index (χ1v) is 7.21. The third kappa shape index (κ3) is 2.83. The second kappa shape index (κ2) is 6.19. The van der Waals surface area contributed by atoms with Crippen molar-refractivity contribution in [1.29, 1.82) is 0 Å². The fourth-order valence-corrected chi connectivity index (χ4v) is 2.89. The minimum atomic E-state index is 0.0504. The van der Waals surface area contributed by atoms with Gasteiger partial charge in [0.25, 0.3) is 0 Å². The summed E-state index contributed by atoms with van der Waals surface area (Å²) >= 11 is 0. The Bertz CT molecular complexity index is 376. The largest absolute Gasteiger partial charge is 0.353 e. The predicted octanol–water partition coefficient (Wildman–Crippen LogP) is 3.26. The van der Waals surface area contributed by atoms with E-state index in [0.29, 0.717) is 6.04 Å². The van der Waals surface area contributed by atoms with Crippen molar-refractivity contribution in [1.82, 2.24) is 4.98 Å². The molecule has 0 aliphatic carbocycles. The van der Waals surface area contributed by atoms with Crippen molar-refractivity contribution in [3.63, 3.8) is 0 Å². The Balaban J connectivity index is 2.32. The van der Waals surface area contributed by atoms with Gasteiger partial charge in [-0.1, -0.05) is 25.8 Å². The van der Waals surface area contributed by atoms with Gasteiger partial charge in [0.15, 0.2) is 0 Å². The normalized spacial score (nSPS) is 22.6. The maximum Gasteiger partial charge on any atom is 0.133 e. The molecule has 3 nitrogen and oxygen atoms in total. The minimum absolute atomic E-state index is 0.0504. The Kier molecular flexibility index (Phi) is 4.59.